The minimum atomic E-state index is 0.232. The zero-order valence-electron chi connectivity index (χ0n) is 17.0. The van der Waals surface area contributed by atoms with Crippen molar-refractivity contribution in [3.8, 4) is 17.4 Å². The first-order chi connectivity index (χ1) is 15.1. The Morgan fingerprint density at radius 3 is 2.48 bits per heavy atom. The predicted octanol–water partition coefficient (Wildman–Crippen LogP) is 6.30. The average molecular weight is 526 g/mol. The van der Waals surface area contributed by atoms with E-state index in [2.05, 4.69) is 26.2 Å². The standard InChI is InChI=1S/C23H23BrCl2N2O3/c1-29-21-10-9-18(24)16(14-27-11-5-13-30-22-8-2-3-12-28-22)23(21)31-15-17-19(25)6-4-7-20(17)26/h2-4,6-10,12,27H,5,11,13-15H2,1H3. The number of hydrogen-bond acceptors (Lipinski definition) is 5. The number of aromatic nitrogens is 1. The summed E-state index contributed by atoms with van der Waals surface area (Å²) in [6, 6.07) is 14.8. The van der Waals surface area contributed by atoms with Crippen molar-refractivity contribution in [1.82, 2.24) is 10.3 Å². The molecule has 1 aromatic heterocycles. The van der Waals surface area contributed by atoms with Crippen LogP contribution in [0.1, 0.15) is 17.5 Å². The molecule has 0 saturated heterocycles. The Balaban J connectivity index is 1.60. The third kappa shape index (κ3) is 6.74. The summed E-state index contributed by atoms with van der Waals surface area (Å²) in [6.45, 7) is 2.17. The van der Waals surface area contributed by atoms with Crippen LogP contribution in [0.15, 0.2) is 59.2 Å². The van der Waals surface area contributed by atoms with Gasteiger partial charge >= 0.3 is 0 Å². The predicted molar refractivity (Wildman–Crippen MR) is 128 cm³/mol. The highest BCUT2D eigenvalue weighted by Gasteiger charge is 2.16. The van der Waals surface area contributed by atoms with Gasteiger partial charge in [0.1, 0.15) is 6.61 Å². The number of hydrogen-bond donors (Lipinski definition) is 1. The Kier molecular flexibility index (Phi) is 9.28. The molecule has 0 amide bonds. The Labute approximate surface area is 200 Å². The summed E-state index contributed by atoms with van der Waals surface area (Å²) in [5, 5.41) is 4.55. The van der Waals surface area contributed by atoms with Crippen LogP contribution in [0.5, 0.6) is 17.4 Å². The molecule has 8 heteroatoms. The molecule has 0 aliphatic carbocycles. The molecule has 1 heterocycles. The van der Waals surface area contributed by atoms with Gasteiger partial charge in [-0.05, 0) is 43.3 Å². The maximum Gasteiger partial charge on any atom is 0.213 e. The highest BCUT2D eigenvalue weighted by atomic mass is 79.9. The van der Waals surface area contributed by atoms with Gasteiger partial charge < -0.3 is 19.5 Å². The van der Waals surface area contributed by atoms with Gasteiger partial charge in [-0.15, -0.1) is 0 Å². The van der Waals surface area contributed by atoms with E-state index < -0.39 is 0 Å². The minimum Gasteiger partial charge on any atom is -0.493 e. The summed E-state index contributed by atoms with van der Waals surface area (Å²) < 4.78 is 18.2. The van der Waals surface area contributed by atoms with Gasteiger partial charge in [0, 0.05) is 44.5 Å². The van der Waals surface area contributed by atoms with Crippen molar-refractivity contribution >= 4 is 39.1 Å². The van der Waals surface area contributed by atoms with Crippen molar-refractivity contribution in [3.63, 3.8) is 0 Å². The van der Waals surface area contributed by atoms with Crippen LogP contribution < -0.4 is 19.5 Å². The molecular formula is C23H23BrCl2N2O3. The summed E-state index contributed by atoms with van der Waals surface area (Å²) in [7, 11) is 1.62. The molecule has 0 bridgehead atoms. The normalized spacial score (nSPS) is 10.7. The van der Waals surface area contributed by atoms with E-state index in [0.717, 1.165) is 28.6 Å². The zero-order chi connectivity index (χ0) is 22.1. The van der Waals surface area contributed by atoms with Gasteiger partial charge in [0.2, 0.25) is 5.88 Å². The summed E-state index contributed by atoms with van der Waals surface area (Å²) in [5.41, 5.74) is 1.69. The number of rotatable bonds is 11. The third-order valence-electron chi connectivity index (χ3n) is 4.50. The van der Waals surface area contributed by atoms with Crippen LogP contribution in [0.3, 0.4) is 0 Å². The summed E-state index contributed by atoms with van der Waals surface area (Å²) >= 11 is 16.2. The quantitative estimate of drug-likeness (QED) is 0.298. The molecule has 0 aliphatic rings. The van der Waals surface area contributed by atoms with Crippen LogP contribution >= 0.6 is 39.1 Å². The summed E-state index contributed by atoms with van der Waals surface area (Å²) in [4.78, 5) is 4.15. The lowest BCUT2D eigenvalue weighted by Crippen LogP contribution is -2.18. The molecule has 164 valence electrons. The number of nitrogens with zero attached hydrogens (tertiary/aromatic N) is 1. The van der Waals surface area contributed by atoms with Crippen molar-refractivity contribution in [2.75, 3.05) is 20.3 Å². The molecule has 0 aliphatic heterocycles. The minimum absolute atomic E-state index is 0.232. The first-order valence-corrected chi connectivity index (χ1v) is 11.3. The molecule has 2 aromatic carbocycles. The van der Waals surface area contributed by atoms with Crippen LogP contribution in [0.2, 0.25) is 10.0 Å². The van der Waals surface area contributed by atoms with Gasteiger partial charge in [0.15, 0.2) is 11.5 Å². The fourth-order valence-corrected chi connectivity index (χ4v) is 3.86. The lowest BCUT2D eigenvalue weighted by atomic mass is 10.1. The first kappa shape index (κ1) is 23.7. The summed E-state index contributed by atoms with van der Waals surface area (Å²) in [5.74, 6) is 1.92. The zero-order valence-corrected chi connectivity index (χ0v) is 20.1. The second kappa shape index (κ2) is 12.2. The third-order valence-corrected chi connectivity index (χ3v) is 5.95. The molecule has 0 fully saturated rings. The van der Waals surface area contributed by atoms with Crippen LogP contribution in [-0.4, -0.2) is 25.2 Å². The Morgan fingerprint density at radius 2 is 1.77 bits per heavy atom. The molecule has 0 radical (unpaired) electrons. The number of halogens is 3. The Morgan fingerprint density at radius 1 is 0.968 bits per heavy atom. The van der Waals surface area contributed by atoms with E-state index in [0.29, 0.717) is 40.6 Å². The molecule has 3 aromatic rings. The Bertz CT molecular complexity index is 970. The van der Waals surface area contributed by atoms with Crippen molar-refractivity contribution < 1.29 is 14.2 Å². The smallest absolute Gasteiger partial charge is 0.213 e. The van der Waals surface area contributed by atoms with Gasteiger partial charge in [-0.3, -0.25) is 0 Å². The van der Waals surface area contributed by atoms with E-state index in [1.54, 1.807) is 31.5 Å². The van der Waals surface area contributed by atoms with E-state index in [-0.39, 0.29) is 6.61 Å². The number of ether oxygens (including phenoxy) is 3. The average Bonchev–Trinajstić information content (AvgIpc) is 2.78. The van der Waals surface area contributed by atoms with Crippen molar-refractivity contribution in [3.05, 3.63) is 80.4 Å². The second-order valence-electron chi connectivity index (χ2n) is 6.59. The maximum absolute atomic E-state index is 6.28. The molecule has 31 heavy (non-hydrogen) atoms. The van der Waals surface area contributed by atoms with Crippen molar-refractivity contribution in [2.45, 2.75) is 19.6 Å². The van der Waals surface area contributed by atoms with Crippen molar-refractivity contribution in [2.24, 2.45) is 0 Å². The molecule has 5 nitrogen and oxygen atoms in total. The number of benzene rings is 2. The van der Waals surface area contributed by atoms with Crippen LogP contribution in [0, 0.1) is 0 Å². The highest BCUT2D eigenvalue weighted by molar-refractivity contribution is 9.10. The van der Waals surface area contributed by atoms with E-state index in [9.17, 15) is 0 Å². The van der Waals surface area contributed by atoms with Gasteiger partial charge in [0.05, 0.1) is 13.7 Å². The molecule has 0 saturated carbocycles. The number of pyridine rings is 1. The molecule has 0 spiro atoms. The second-order valence-corrected chi connectivity index (χ2v) is 8.26. The fraction of sp³-hybridized carbons (Fsp3) is 0.261. The van der Waals surface area contributed by atoms with Crippen LogP contribution in [0.25, 0.3) is 0 Å². The highest BCUT2D eigenvalue weighted by Crippen LogP contribution is 2.37. The molecule has 0 atom stereocenters. The number of methoxy groups -OCH3 is 1. The van der Waals surface area contributed by atoms with Crippen molar-refractivity contribution in [1.29, 1.82) is 0 Å². The first-order valence-electron chi connectivity index (χ1n) is 9.75. The summed E-state index contributed by atoms with van der Waals surface area (Å²) in [6.07, 6.45) is 2.55. The lowest BCUT2D eigenvalue weighted by molar-refractivity contribution is 0.279. The van der Waals surface area contributed by atoms with E-state index in [1.165, 1.54) is 0 Å². The van der Waals surface area contributed by atoms with Gasteiger partial charge in [-0.25, -0.2) is 4.98 Å². The maximum atomic E-state index is 6.28. The van der Waals surface area contributed by atoms with Gasteiger partial charge in [-0.1, -0.05) is 51.3 Å². The van der Waals surface area contributed by atoms with E-state index >= 15 is 0 Å². The SMILES string of the molecule is COc1ccc(Br)c(CNCCCOc2ccccn2)c1OCc1c(Cl)cccc1Cl. The van der Waals surface area contributed by atoms with Gasteiger partial charge in [0.25, 0.3) is 0 Å². The van der Waals surface area contributed by atoms with Crippen LogP contribution in [0.4, 0.5) is 0 Å². The number of nitrogens with one attached hydrogen (secondary N) is 1. The Hall–Kier alpha value is -1.99. The monoisotopic (exact) mass is 524 g/mol. The fourth-order valence-electron chi connectivity index (χ4n) is 2.90. The van der Waals surface area contributed by atoms with Crippen LogP contribution in [-0.2, 0) is 13.2 Å². The van der Waals surface area contributed by atoms with E-state index in [4.69, 9.17) is 37.4 Å². The molecular weight excluding hydrogens is 503 g/mol. The molecule has 1 N–H and O–H groups in total. The van der Waals surface area contributed by atoms with E-state index in [1.807, 2.05) is 30.3 Å². The topological polar surface area (TPSA) is 52.6 Å². The lowest BCUT2D eigenvalue weighted by Gasteiger charge is -2.18. The molecule has 3 rings (SSSR count). The molecule has 0 unspecified atom stereocenters. The largest absolute Gasteiger partial charge is 0.493 e. The van der Waals surface area contributed by atoms with Gasteiger partial charge in [-0.2, -0.15) is 0 Å².